The molecule has 2 amide bonds. The molecule has 4 heteroatoms. The van der Waals surface area contributed by atoms with Crippen LogP contribution in [-0.4, -0.2) is 18.1 Å². The van der Waals surface area contributed by atoms with Gasteiger partial charge in [-0.2, -0.15) is 0 Å². The van der Waals surface area contributed by atoms with Crippen LogP contribution in [0, 0.1) is 11.8 Å². The predicted octanol–water partition coefficient (Wildman–Crippen LogP) is 1.04. The first-order valence-corrected chi connectivity index (χ1v) is 5.48. The van der Waals surface area contributed by atoms with Crippen LogP contribution >= 0.6 is 0 Å². The highest BCUT2D eigenvalue weighted by atomic mass is 16.2. The Morgan fingerprint density at radius 2 is 2.20 bits per heavy atom. The molecule has 0 aliphatic carbocycles. The maximum atomic E-state index is 11.3. The van der Waals surface area contributed by atoms with Crippen LogP contribution in [0.4, 0.5) is 0 Å². The van der Waals surface area contributed by atoms with Gasteiger partial charge in [-0.3, -0.25) is 14.9 Å². The van der Waals surface area contributed by atoms with E-state index in [0.29, 0.717) is 6.42 Å². The van der Waals surface area contributed by atoms with E-state index in [9.17, 15) is 14.4 Å². The van der Waals surface area contributed by atoms with E-state index in [1.165, 1.54) is 0 Å². The fraction of sp³-hybridized carbons (Fsp3) is 0.727. The van der Waals surface area contributed by atoms with Gasteiger partial charge in [-0.1, -0.05) is 26.2 Å². The average molecular weight is 211 g/mol. The molecule has 0 radical (unpaired) electrons. The molecule has 4 nitrogen and oxygen atoms in total. The number of amides is 2. The molecule has 84 valence electrons. The van der Waals surface area contributed by atoms with E-state index in [1.807, 2.05) is 0 Å². The van der Waals surface area contributed by atoms with Gasteiger partial charge in [-0.25, -0.2) is 0 Å². The molecule has 0 aromatic heterocycles. The van der Waals surface area contributed by atoms with Gasteiger partial charge in [-0.05, 0) is 6.42 Å². The minimum absolute atomic E-state index is 0.175. The standard InChI is InChI=1S/C11H17NO3/c1-2-3-4-5-8(7-13)9-6-10(14)12-11(9)15/h7-9H,2-6H2,1H3,(H,12,14,15)/t8-,9?/m1/s1. The van der Waals surface area contributed by atoms with Gasteiger partial charge in [0.05, 0.1) is 5.92 Å². The lowest BCUT2D eigenvalue weighted by atomic mass is 9.87. The van der Waals surface area contributed by atoms with Crippen LogP contribution in [0.15, 0.2) is 0 Å². The zero-order chi connectivity index (χ0) is 11.3. The molecular weight excluding hydrogens is 194 g/mol. The van der Waals surface area contributed by atoms with Gasteiger partial charge in [0.25, 0.3) is 0 Å². The van der Waals surface area contributed by atoms with Gasteiger partial charge in [0.1, 0.15) is 6.29 Å². The molecule has 15 heavy (non-hydrogen) atoms. The van der Waals surface area contributed by atoms with Gasteiger partial charge < -0.3 is 4.79 Å². The van der Waals surface area contributed by atoms with Crippen molar-refractivity contribution < 1.29 is 14.4 Å². The largest absolute Gasteiger partial charge is 0.303 e. The molecule has 1 unspecified atom stereocenters. The van der Waals surface area contributed by atoms with Crippen molar-refractivity contribution in [1.82, 2.24) is 5.32 Å². The molecule has 0 bridgehead atoms. The van der Waals surface area contributed by atoms with Crippen molar-refractivity contribution in [2.45, 2.75) is 39.0 Å². The van der Waals surface area contributed by atoms with Crippen LogP contribution in [0.25, 0.3) is 0 Å². The molecule has 1 aliphatic rings. The molecule has 1 heterocycles. The molecule has 2 atom stereocenters. The van der Waals surface area contributed by atoms with Crippen molar-refractivity contribution in [2.24, 2.45) is 11.8 Å². The molecule has 0 saturated carbocycles. The Hall–Kier alpha value is -1.19. The first kappa shape index (κ1) is 11.9. The van der Waals surface area contributed by atoms with E-state index in [0.717, 1.165) is 25.5 Å². The summed E-state index contributed by atoms with van der Waals surface area (Å²) in [4.78, 5) is 33.1. The monoisotopic (exact) mass is 211 g/mol. The third-order valence-electron chi connectivity index (χ3n) is 2.84. The Labute approximate surface area is 89.4 Å². The maximum Gasteiger partial charge on any atom is 0.230 e. The number of nitrogens with one attached hydrogen (secondary N) is 1. The Bertz CT molecular complexity index is 263. The van der Waals surface area contributed by atoms with E-state index >= 15 is 0 Å². The zero-order valence-electron chi connectivity index (χ0n) is 8.99. The minimum atomic E-state index is -0.424. The second-order valence-corrected chi connectivity index (χ2v) is 4.02. The number of aldehydes is 1. The first-order chi connectivity index (χ1) is 7.19. The van der Waals surface area contributed by atoms with Crippen molar-refractivity contribution in [3.05, 3.63) is 0 Å². The van der Waals surface area contributed by atoms with E-state index in [4.69, 9.17) is 0 Å². The summed E-state index contributed by atoms with van der Waals surface area (Å²) in [6.07, 6.45) is 4.79. The maximum absolute atomic E-state index is 11.3. The van der Waals surface area contributed by atoms with E-state index in [1.54, 1.807) is 0 Å². The minimum Gasteiger partial charge on any atom is -0.303 e. The number of imide groups is 1. The molecule has 1 saturated heterocycles. The van der Waals surface area contributed by atoms with Gasteiger partial charge in [0.2, 0.25) is 11.8 Å². The Kier molecular flexibility index (Phi) is 4.46. The smallest absolute Gasteiger partial charge is 0.230 e. The Balaban J connectivity index is 2.47. The predicted molar refractivity (Wildman–Crippen MR) is 55.0 cm³/mol. The summed E-state index contributed by atoms with van der Waals surface area (Å²) >= 11 is 0. The summed E-state index contributed by atoms with van der Waals surface area (Å²) in [5.41, 5.74) is 0. The number of hydrogen-bond acceptors (Lipinski definition) is 3. The van der Waals surface area contributed by atoms with E-state index in [-0.39, 0.29) is 24.2 Å². The second-order valence-electron chi connectivity index (χ2n) is 4.02. The fourth-order valence-electron chi connectivity index (χ4n) is 1.91. The lowest BCUT2D eigenvalue weighted by molar-refractivity contribution is -0.128. The molecular formula is C11H17NO3. The summed E-state index contributed by atoms with van der Waals surface area (Å²) < 4.78 is 0. The normalized spacial score (nSPS) is 22.6. The third-order valence-corrected chi connectivity index (χ3v) is 2.84. The highest BCUT2D eigenvalue weighted by molar-refractivity contribution is 6.04. The first-order valence-electron chi connectivity index (χ1n) is 5.48. The van der Waals surface area contributed by atoms with E-state index < -0.39 is 5.92 Å². The lowest BCUT2D eigenvalue weighted by Crippen LogP contribution is -2.26. The molecule has 1 rings (SSSR count). The van der Waals surface area contributed by atoms with Crippen LogP contribution in [0.5, 0.6) is 0 Å². The molecule has 0 aromatic carbocycles. The SMILES string of the molecule is CCCCC[C@H](C=O)C1CC(=O)NC1=O. The van der Waals surface area contributed by atoms with Gasteiger partial charge >= 0.3 is 0 Å². The van der Waals surface area contributed by atoms with Gasteiger partial charge in [-0.15, -0.1) is 0 Å². The number of unbranched alkanes of at least 4 members (excludes halogenated alkanes) is 2. The summed E-state index contributed by atoms with van der Waals surface area (Å²) in [6.45, 7) is 2.09. The van der Waals surface area contributed by atoms with Gasteiger partial charge in [0.15, 0.2) is 0 Å². The Morgan fingerprint density at radius 3 is 2.67 bits per heavy atom. The summed E-state index contributed by atoms with van der Waals surface area (Å²) in [6, 6.07) is 0. The summed E-state index contributed by atoms with van der Waals surface area (Å²) in [5, 5.41) is 2.24. The zero-order valence-corrected chi connectivity index (χ0v) is 8.99. The van der Waals surface area contributed by atoms with Crippen LogP contribution in [0.2, 0.25) is 0 Å². The number of hydrogen-bond donors (Lipinski definition) is 1. The summed E-state index contributed by atoms with van der Waals surface area (Å²) in [5.74, 6) is -1.25. The molecule has 1 aliphatic heterocycles. The van der Waals surface area contributed by atoms with Crippen molar-refractivity contribution in [3.63, 3.8) is 0 Å². The number of carbonyl (C=O) groups is 3. The number of carbonyl (C=O) groups excluding carboxylic acids is 3. The summed E-state index contributed by atoms with van der Waals surface area (Å²) in [7, 11) is 0. The average Bonchev–Trinajstić information content (AvgIpc) is 2.53. The second kappa shape index (κ2) is 5.63. The highest BCUT2D eigenvalue weighted by Crippen LogP contribution is 2.24. The third kappa shape index (κ3) is 3.15. The van der Waals surface area contributed by atoms with E-state index in [2.05, 4.69) is 12.2 Å². The topological polar surface area (TPSA) is 63.2 Å². The van der Waals surface area contributed by atoms with Crippen LogP contribution < -0.4 is 5.32 Å². The van der Waals surface area contributed by atoms with Gasteiger partial charge in [0, 0.05) is 12.3 Å². The van der Waals surface area contributed by atoms with Crippen molar-refractivity contribution in [3.8, 4) is 0 Å². The van der Waals surface area contributed by atoms with Crippen molar-refractivity contribution in [1.29, 1.82) is 0 Å². The number of rotatable bonds is 6. The highest BCUT2D eigenvalue weighted by Gasteiger charge is 2.36. The molecule has 1 fully saturated rings. The fourth-order valence-corrected chi connectivity index (χ4v) is 1.91. The van der Waals surface area contributed by atoms with Crippen LogP contribution in [0.3, 0.4) is 0 Å². The van der Waals surface area contributed by atoms with Crippen molar-refractivity contribution in [2.75, 3.05) is 0 Å². The van der Waals surface area contributed by atoms with Crippen LogP contribution in [0.1, 0.15) is 39.0 Å². The van der Waals surface area contributed by atoms with Crippen molar-refractivity contribution >= 4 is 18.1 Å². The Morgan fingerprint density at radius 1 is 1.47 bits per heavy atom. The van der Waals surface area contributed by atoms with Crippen LogP contribution in [-0.2, 0) is 14.4 Å². The quantitative estimate of drug-likeness (QED) is 0.405. The lowest BCUT2D eigenvalue weighted by Gasteiger charge is -2.13. The molecule has 0 aromatic rings. The molecule has 0 spiro atoms. The molecule has 1 N–H and O–H groups in total.